The fourth-order valence-corrected chi connectivity index (χ4v) is 2.41. The molecule has 3 heteroatoms. The molecule has 1 saturated heterocycles. The molecule has 1 aromatic rings. The Morgan fingerprint density at radius 1 is 1.22 bits per heavy atom. The minimum absolute atomic E-state index is 0.381. The van der Waals surface area contributed by atoms with E-state index in [0.29, 0.717) is 0 Å². The quantitative estimate of drug-likeness (QED) is 0.857. The Kier molecular flexibility index (Phi) is 4.38. The van der Waals surface area contributed by atoms with Gasteiger partial charge in [0.1, 0.15) is 0 Å². The van der Waals surface area contributed by atoms with Crippen molar-refractivity contribution in [3.05, 3.63) is 35.9 Å². The molecular weight excluding hydrogens is 226 g/mol. The predicted molar refractivity (Wildman–Crippen MR) is 72.3 cm³/mol. The molecule has 1 aliphatic rings. The van der Waals surface area contributed by atoms with Crippen LogP contribution in [0, 0.1) is 0 Å². The lowest BCUT2D eigenvalue weighted by Crippen LogP contribution is -2.42. The highest BCUT2D eigenvalue weighted by Crippen LogP contribution is 2.22. The summed E-state index contributed by atoms with van der Waals surface area (Å²) < 4.78 is 0. The van der Waals surface area contributed by atoms with Gasteiger partial charge in [-0.3, -0.25) is 0 Å². The second-order valence-corrected chi connectivity index (χ2v) is 5.55. The molecule has 1 heterocycles. The maximum absolute atomic E-state index is 10.1. The third kappa shape index (κ3) is 3.80. The van der Waals surface area contributed by atoms with E-state index in [1.807, 2.05) is 37.3 Å². The van der Waals surface area contributed by atoms with Gasteiger partial charge in [-0.25, -0.2) is 0 Å². The molecule has 18 heavy (non-hydrogen) atoms. The molecule has 2 N–H and O–H groups in total. The van der Waals surface area contributed by atoms with Gasteiger partial charge in [0.2, 0.25) is 0 Å². The molecule has 2 rings (SSSR count). The average Bonchev–Trinajstić information content (AvgIpc) is 2.38. The SMILES string of the molecule is CC1(O)CCN(CCC(O)c2ccccc2)CC1. The highest BCUT2D eigenvalue weighted by atomic mass is 16.3. The molecule has 1 unspecified atom stereocenters. The van der Waals surface area contributed by atoms with E-state index in [4.69, 9.17) is 0 Å². The minimum Gasteiger partial charge on any atom is -0.390 e. The second kappa shape index (κ2) is 5.83. The van der Waals surface area contributed by atoms with Gasteiger partial charge in [0, 0.05) is 19.6 Å². The Morgan fingerprint density at radius 3 is 2.44 bits per heavy atom. The first-order valence-corrected chi connectivity index (χ1v) is 6.75. The third-order valence-electron chi connectivity index (χ3n) is 3.84. The smallest absolute Gasteiger partial charge is 0.0802 e. The lowest BCUT2D eigenvalue weighted by Gasteiger charge is -2.36. The van der Waals surface area contributed by atoms with Gasteiger partial charge in [-0.05, 0) is 31.7 Å². The van der Waals surface area contributed by atoms with Gasteiger partial charge in [0.05, 0.1) is 11.7 Å². The number of hydrogen-bond acceptors (Lipinski definition) is 3. The molecule has 3 nitrogen and oxygen atoms in total. The maximum Gasteiger partial charge on any atom is 0.0802 e. The van der Waals surface area contributed by atoms with Gasteiger partial charge in [0.15, 0.2) is 0 Å². The lowest BCUT2D eigenvalue weighted by atomic mass is 9.93. The Hall–Kier alpha value is -0.900. The Bertz CT molecular complexity index is 354. The summed E-state index contributed by atoms with van der Waals surface area (Å²) in [6.45, 7) is 4.65. The number of piperidine rings is 1. The summed E-state index contributed by atoms with van der Waals surface area (Å²) >= 11 is 0. The summed E-state index contributed by atoms with van der Waals surface area (Å²) in [6, 6.07) is 9.80. The molecule has 0 saturated carbocycles. The number of hydrogen-bond donors (Lipinski definition) is 2. The minimum atomic E-state index is -0.492. The normalized spacial score (nSPS) is 21.7. The summed E-state index contributed by atoms with van der Waals surface area (Å²) in [6.07, 6.45) is 2.03. The van der Waals surface area contributed by atoms with Crippen LogP contribution in [0.5, 0.6) is 0 Å². The van der Waals surface area contributed by atoms with Crippen molar-refractivity contribution in [2.45, 2.75) is 37.9 Å². The van der Waals surface area contributed by atoms with Gasteiger partial charge in [-0.15, -0.1) is 0 Å². The van der Waals surface area contributed by atoms with Crippen molar-refractivity contribution in [1.82, 2.24) is 4.90 Å². The number of aliphatic hydroxyl groups is 2. The summed E-state index contributed by atoms with van der Waals surface area (Å²) in [4.78, 5) is 2.32. The molecule has 1 aromatic carbocycles. The summed E-state index contributed by atoms with van der Waals surface area (Å²) in [5, 5.41) is 19.9. The molecule has 1 aliphatic heterocycles. The maximum atomic E-state index is 10.1. The van der Waals surface area contributed by atoms with Crippen LogP contribution in [0.25, 0.3) is 0 Å². The van der Waals surface area contributed by atoms with Crippen molar-refractivity contribution in [1.29, 1.82) is 0 Å². The van der Waals surface area contributed by atoms with Crippen molar-refractivity contribution in [3.8, 4) is 0 Å². The highest BCUT2D eigenvalue weighted by Gasteiger charge is 2.27. The third-order valence-corrected chi connectivity index (χ3v) is 3.84. The second-order valence-electron chi connectivity index (χ2n) is 5.55. The van der Waals surface area contributed by atoms with Crippen LogP contribution in [0.1, 0.15) is 37.9 Å². The number of rotatable bonds is 4. The van der Waals surface area contributed by atoms with Gasteiger partial charge in [0.25, 0.3) is 0 Å². The monoisotopic (exact) mass is 249 g/mol. The van der Waals surface area contributed by atoms with Crippen LogP contribution < -0.4 is 0 Å². The average molecular weight is 249 g/mol. The highest BCUT2D eigenvalue weighted by molar-refractivity contribution is 5.17. The van der Waals surface area contributed by atoms with Crippen LogP contribution in [0.15, 0.2) is 30.3 Å². The van der Waals surface area contributed by atoms with Crippen LogP contribution in [0.4, 0.5) is 0 Å². The Balaban J connectivity index is 1.76. The van der Waals surface area contributed by atoms with Crippen molar-refractivity contribution < 1.29 is 10.2 Å². The van der Waals surface area contributed by atoms with Crippen molar-refractivity contribution in [2.75, 3.05) is 19.6 Å². The molecule has 1 atom stereocenters. The van der Waals surface area contributed by atoms with E-state index in [9.17, 15) is 10.2 Å². The predicted octanol–water partition coefficient (Wildman–Crippen LogP) is 1.96. The van der Waals surface area contributed by atoms with Crippen LogP contribution in [0.2, 0.25) is 0 Å². The van der Waals surface area contributed by atoms with E-state index in [1.54, 1.807) is 0 Å². The number of aliphatic hydroxyl groups excluding tert-OH is 1. The van der Waals surface area contributed by atoms with E-state index in [-0.39, 0.29) is 6.10 Å². The largest absolute Gasteiger partial charge is 0.390 e. The number of benzene rings is 1. The Labute approximate surface area is 109 Å². The van der Waals surface area contributed by atoms with E-state index >= 15 is 0 Å². The topological polar surface area (TPSA) is 43.7 Å². The van der Waals surface area contributed by atoms with Crippen LogP contribution >= 0.6 is 0 Å². The summed E-state index contributed by atoms with van der Waals surface area (Å²) in [7, 11) is 0. The van der Waals surface area contributed by atoms with Crippen molar-refractivity contribution in [2.24, 2.45) is 0 Å². The van der Waals surface area contributed by atoms with Crippen LogP contribution in [0.3, 0.4) is 0 Å². The fraction of sp³-hybridized carbons (Fsp3) is 0.600. The summed E-state index contributed by atoms with van der Waals surface area (Å²) in [5.74, 6) is 0. The molecule has 0 amide bonds. The van der Waals surface area contributed by atoms with Gasteiger partial charge in [-0.2, -0.15) is 0 Å². The molecule has 0 aromatic heterocycles. The standard InChI is InChI=1S/C15H23NO2/c1-15(18)8-11-16(12-9-15)10-7-14(17)13-5-3-2-4-6-13/h2-6,14,17-18H,7-12H2,1H3. The van der Waals surface area contributed by atoms with Gasteiger partial charge < -0.3 is 15.1 Å². The van der Waals surface area contributed by atoms with Crippen molar-refractivity contribution in [3.63, 3.8) is 0 Å². The van der Waals surface area contributed by atoms with Crippen molar-refractivity contribution >= 4 is 0 Å². The molecule has 100 valence electrons. The van der Waals surface area contributed by atoms with E-state index in [0.717, 1.165) is 44.5 Å². The molecule has 0 aliphatic carbocycles. The molecule has 0 radical (unpaired) electrons. The zero-order chi connectivity index (χ0) is 13.0. The number of likely N-dealkylation sites (tertiary alicyclic amines) is 1. The van der Waals surface area contributed by atoms with Gasteiger partial charge in [-0.1, -0.05) is 30.3 Å². The molecule has 0 bridgehead atoms. The molecular formula is C15H23NO2. The lowest BCUT2D eigenvalue weighted by molar-refractivity contribution is -0.00813. The Morgan fingerprint density at radius 2 is 1.83 bits per heavy atom. The zero-order valence-electron chi connectivity index (χ0n) is 11.0. The fourth-order valence-electron chi connectivity index (χ4n) is 2.41. The van der Waals surface area contributed by atoms with E-state index in [1.165, 1.54) is 0 Å². The first kappa shape index (κ1) is 13.5. The summed E-state index contributed by atoms with van der Waals surface area (Å²) in [5.41, 5.74) is 0.496. The van der Waals surface area contributed by atoms with Gasteiger partial charge >= 0.3 is 0 Å². The van der Waals surface area contributed by atoms with Crippen LogP contribution in [-0.2, 0) is 0 Å². The van der Waals surface area contributed by atoms with E-state index < -0.39 is 5.60 Å². The van der Waals surface area contributed by atoms with E-state index in [2.05, 4.69) is 4.90 Å². The van der Waals surface area contributed by atoms with Crippen LogP contribution in [-0.4, -0.2) is 40.3 Å². The molecule has 1 fully saturated rings. The zero-order valence-corrected chi connectivity index (χ0v) is 11.0. The first-order valence-electron chi connectivity index (χ1n) is 6.75. The number of nitrogens with zero attached hydrogens (tertiary/aromatic N) is 1. The first-order chi connectivity index (χ1) is 8.57. The molecule has 0 spiro atoms.